The Hall–Kier alpha value is -3.40. The third-order valence-electron chi connectivity index (χ3n) is 5.67. The second-order valence-electron chi connectivity index (χ2n) is 7.45. The molecule has 0 spiro atoms. The average Bonchev–Trinajstić information content (AvgIpc) is 3.23. The first-order valence-electron chi connectivity index (χ1n) is 9.26. The van der Waals surface area contributed by atoms with Crippen molar-refractivity contribution in [3.63, 3.8) is 0 Å². The normalized spacial score (nSPS) is 18.7. The minimum atomic E-state index is -1.23. The maximum absolute atomic E-state index is 14.3. The van der Waals surface area contributed by atoms with E-state index in [0.717, 1.165) is 11.8 Å². The Labute approximate surface area is 167 Å². The molecule has 0 fully saturated rings. The maximum Gasteiger partial charge on any atom is 0.441 e. The van der Waals surface area contributed by atoms with Gasteiger partial charge in [0.25, 0.3) is 0 Å². The molecule has 0 aliphatic heterocycles. The largest absolute Gasteiger partial charge is 0.441 e. The van der Waals surface area contributed by atoms with Gasteiger partial charge < -0.3 is 10.1 Å². The van der Waals surface area contributed by atoms with Crippen LogP contribution in [0.2, 0.25) is 0 Å². The first-order chi connectivity index (χ1) is 14.3. The molecule has 1 aromatic carbocycles. The molecule has 4 aromatic rings. The number of imidazole rings is 1. The van der Waals surface area contributed by atoms with Crippen LogP contribution in [-0.4, -0.2) is 25.2 Å². The molecule has 3 aromatic heterocycles. The van der Waals surface area contributed by atoms with Crippen LogP contribution in [0.15, 0.2) is 39.8 Å². The van der Waals surface area contributed by atoms with Gasteiger partial charge in [0, 0.05) is 48.9 Å². The van der Waals surface area contributed by atoms with E-state index in [4.69, 9.17) is 5.73 Å². The number of benzene rings is 1. The van der Waals surface area contributed by atoms with Crippen molar-refractivity contribution < 1.29 is 17.7 Å². The smallest absolute Gasteiger partial charge is 0.327 e. The van der Waals surface area contributed by atoms with Gasteiger partial charge in [-0.2, -0.15) is 0 Å². The highest BCUT2D eigenvalue weighted by Crippen LogP contribution is 2.35. The van der Waals surface area contributed by atoms with Crippen LogP contribution in [0.1, 0.15) is 22.9 Å². The molecular weight excluding hydrogens is 399 g/mol. The highest BCUT2D eigenvalue weighted by atomic mass is 19.2. The summed E-state index contributed by atoms with van der Waals surface area (Å²) in [6.07, 6.45) is 2.47. The van der Waals surface area contributed by atoms with Crippen LogP contribution in [0.4, 0.5) is 13.2 Å². The van der Waals surface area contributed by atoms with Crippen molar-refractivity contribution in [1.29, 1.82) is 0 Å². The lowest BCUT2D eigenvalue weighted by Gasteiger charge is -2.29. The van der Waals surface area contributed by atoms with Crippen molar-refractivity contribution in [3.8, 4) is 11.4 Å². The van der Waals surface area contributed by atoms with Crippen LogP contribution in [0.5, 0.6) is 0 Å². The predicted molar refractivity (Wildman–Crippen MR) is 100 cm³/mol. The van der Waals surface area contributed by atoms with Crippen molar-refractivity contribution in [1.82, 2.24) is 19.1 Å². The van der Waals surface area contributed by atoms with E-state index in [2.05, 4.69) is 14.7 Å². The Bertz CT molecular complexity index is 1360. The van der Waals surface area contributed by atoms with Gasteiger partial charge in [0.15, 0.2) is 17.5 Å². The summed E-state index contributed by atoms with van der Waals surface area (Å²) in [6, 6.07) is 4.46. The Morgan fingerprint density at radius 2 is 1.90 bits per heavy atom. The molecule has 1 aliphatic rings. The van der Waals surface area contributed by atoms with Gasteiger partial charge in [-0.3, -0.25) is 9.09 Å². The van der Waals surface area contributed by atoms with Crippen molar-refractivity contribution in [3.05, 3.63) is 75.4 Å². The van der Waals surface area contributed by atoms with Gasteiger partial charge in [-0.25, -0.2) is 22.9 Å². The van der Waals surface area contributed by atoms with E-state index in [1.807, 2.05) is 4.40 Å². The number of nitrogens with two attached hydrogens (primary N) is 1. The predicted octanol–water partition coefficient (Wildman–Crippen LogP) is 2.32. The third-order valence-corrected chi connectivity index (χ3v) is 5.67. The summed E-state index contributed by atoms with van der Waals surface area (Å²) in [5.74, 6) is -3.91. The second kappa shape index (κ2) is 6.56. The molecule has 0 radical (unpaired) electrons. The van der Waals surface area contributed by atoms with Gasteiger partial charge in [0.2, 0.25) is 0 Å². The Morgan fingerprint density at radius 3 is 2.63 bits per heavy atom. The molecule has 5 rings (SSSR count). The zero-order valence-corrected chi connectivity index (χ0v) is 15.8. The summed E-state index contributed by atoms with van der Waals surface area (Å²) in [4.78, 5) is 16.2. The van der Waals surface area contributed by atoms with Gasteiger partial charge in [-0.05, 0) is 30.2 Å². The van der Waals surface area contributed by atoms with Gasteiger partial charge >= 0.3 is 5.76 Å². The summed E-state index contributed by atoms with van der Waals surface area (Å²) >= 11 is 0. The highest BCUT2D eigenvalue weighted by Gasteiger charge is 2.33. The van der Waals surface area contributed by atoms with Crippen LogP contribution in [-0.2, 0) is 19.9 Å². The molecule has 2 atom stereocenters. The highest BCUT2D eigenvalue weighted by molar-refractivity contribution is 5.62. The monoisotopic (exact) mass is 415 g/mol. The van der Waals surface area contributed by atoms with Crippen LogP contribution < -0.4 is 11.5 Å². The number of fused-ring (bicyclic) bond motifs is 3. The fourth-order valence-corrected chi connectivity index (χ4v) is 4.09. The maximum atomic E-state index is 14.3. The van der Waals surface area contributed by atoms with Crippen molar-refractivity contribution in [2.45, 2.75) is 24.8 Å². The second-order valence-corrected chi connectivity index (χ2v) is 7.45. The van der Waals surface area contributed by atoms with Gasteiger partial charge in [0.1, 0.15) is 11.5 Å². The van der Waals surface area contributed by atoms with Crippen LogP contribution in [0.25, 0.3) is 17.0 Å². The summed E-state index contributed by atoms with van der Waals surface area (Å²) in [5, 5.41) is 3.77. The molecule has 7 nitrogen and oxygen atoms in total. The Morgan fingerprint density at radius 1 is 1.13 bits per heavy atom. The van der Waals surface area contributed by atoms with Crippen molar-refractivity contribution in [2.75, 3.05) is 0 Å². The minimum absolute atomic E-state index is 0.0439. The van der Waals surface area contributed by atoms with E-state index < -0.39 is 35.2 Å². The van der Waals surface area contributed by atoms with Crippen LogP contribution in [0, 0.1) is 17.5 Å². The molecule has 30 heavy (non-hydrogen) atoms. The van der Waals surface area contributed by atoms with Gasteiger partial charge in [-0.15, -0.1) is 0 Å². The summed E-state index contributed by atoms with van der Waals surface area (Å²) in [5.41, 5.74) is 9.16. The molecule has 0 bridgehead atoms. The molecule has 0 saturated heterocycles. The summed E-state index contributed by atoms with van der Waals surface area (Å²) < 4.78 is 49.2. The molecule has 2 N–H and O–H groups in total. The van der Waals surface area contributed by atoms with E-state index in [-0.39, 0.29) is 12.0 Å². The fourth-order valence-electron chi connectivity index (χ4n) is 4.09. The first kappa shape index (κ1) is 18.6. The van der Waals surface area contributed by atoms with Crippen molar-refractivity contribution in [2.24, 2.45) is 12.8 Å². The Kier molecular flexibility index (Phi) is 4.07. The zero-order chi connectivity index (χ0) is 21.2. The number of nitrogens with zero attached hydrogens (tertiary/aromatic N) is 4. The average molecular weight is 415 g/mol. The number of hydrogen-bond acceptors (Lipinski definition) is 5. The topological polar surface area (TPSA) is 91.3 Å². The molecule has 0 saturated carbocycles. The zero-order valence-electron chi connectivity index (χ0n) is 15.8. The summed E-state index contributed by atoms with van der Waals surface area (Å²) in [6.45, 7) is 0. The lowest BCUT2D eigenvalue weighted by Crippen LogP contribution is -2.37. The first-order valence-corrected chi connectivity index (χ1v) is 9.26. The number of hydrogen-bond donors (Lipinski definition) is 1. The Balaban J connectivity index is 1.57. The lowest BCUT2D eigenvalue weighted by molar-refractivity contribution is 0.380. The standard InChI is InChI=1S/C20H16F3N5O2/c1-27-19(26-30-20(27)29)9-2-3-28-17-8-15(24)11(6-16(17)25-18(28)4-9)10-5-13(22)14(23)7-12(10)21/h2-5,7,11,15H,6,8,24H2,1H3/t11-,15+/m1/s1. The fraction of sp³-hybridized carbons (Fsp3) is 0.250. The number of halogens is 3. The quantitative estimate of drug-likeness (QED) is 0.508. The van der Waals surface area contributed by atoms with E-state index >= 15 is 0 Å². The van der Waals surface area contributed by atoms with Crippen LogP contribution >= 0.6 is 0 Å². The van der Waals surface area contributed by atoms with E-state index in [9.17, 15) is 18.0 Å². The number of rotatable bonds is 2. The third kappa shape index (κ3) is 2.75. The van der Waals surface area contributed by atoms with E-state index in [1.165, 1.54) is 4.57 Å². The van der Waals surface area contributed by atoms with Crippen LogP contribution in [0.3, 0.4) is 0 Å². The molecule has 0 unspecified atom stereocenters. The molecule has 10 heteroatoms. The molecule has 3 heterocycles. The SMILES string of the molecule is Cn1c(-c2ccn3c4c(nc3c2)C[C@H](c2cc(F)c(F)cc2F)[C@@H](N)C4)noc1=O. The molecular formula is C20H16F3N5O2. The van der Waals surface area contributed by atoms with Crippen molar-refractivity contribution >= 4 is 5.65 Å². The number of aromatic nitrogens is 4. The minimum Gasteiger partial charge on any atom is -0.327 e. The van der Waals surface area contributed by atoms with E-state index in [0.29, 0.717) is 35.2 Å². The number of pyridine rings is 1. The molecule has 1 aliphatic carbocycles. The van der Waals surface area contributed by atoms with Gasteiger partial charge in [0.05, 0.1) is 5.69 Å². The molecule has 154 valence electrons. The summed E-state index contributed by atoms with van der Waals surface area (Å²) in [7, 11) is 1.55. The molecule has 0 amide bonds. The lowest BCUT2D eigenvalue weighted by atomic mass is 9.80. The van der Waals surface area contributed by atoms with Gasteiger partial charge in [-0.1, -0.05) is 5.16 Å². The van der Waals surface area contributed by atoms with E-state index in [1.54, 1.807) is 25.4 Å².